The van der Waals surface area contributed by atoms with Crippen molar-refractivity contribution in [3.8, 4) is 0 Å². The first kappa shape index (κ1) is 18.8. The standard InChI is InChI=1S/C17H26N2O4/c1-5-14(19-16(21)23-17(2,3)4)11-18-15(20)22-12-13-9-7-6-8-10-13/h6-10,14H,5,11-12H2,1-4H3,(H,18,20)(H,19,21)/t14-/m0/s1. The van der Waals surface area contributed by atoms with Crippen LogP contribution in [0.3, 0.4) is 0 Å². The number of carbonyl (C=O) groups excluding carboxylic acids is 2. The fraction of sp³-hybridized carbons (Fsp3) is 0.529. The van der Waals surface area contributed by atoms with Gasteiger partial charge < -0.3 is 20.1 Å². The lowest BCUT2D eigenvalue weighted by molar-refractivity contribution is 0.0501. The van der Waals surface area contributed by atoms with E-state index in [4.69, 9.17) is 9.47 Å². The van der Waals surface area contributed by atoms with Gasteiger partial charge in [0, 0.05) is 12.6 Å². The molecule has 0 radical (unpaired) electrons. The zero-order valence-electron chi connectivity index (χ0n) is 14.2. The molecule has 0 aliphatic carbocycles. The molecule has 1 aromatic rings. The second-order valence-electron chi connectivity index (χ2n) is 6.19. The minimum absolute atomic E-state index is 0.211. The molecule has 0 aromatic heterocycles. The molecule has 2 amide bonds. The summed E-state index contributed by atoms with van der Waals surface area (Å²) in [4.78, 5) is 23.4. The lowest BCUT2D eigenvalue weighted by Crippen LogP contribution is -2.45. The lowest BCUT2D eigenvalue weighted by atomic mass is 10.2. The van der Waals surface area contributed by atoms with E-state index in [2.05, 4.69) is 10.6 Å². The van der Waals surface area contributed by atoms with Gasteiger partial charge in [-0.2, -0.15) is 0 Å². The third-order valence-corrected chi connectivity index (χ3v) is 2.92. The molecule has 0 bridgehead atoms. The first-order valence-electron chi connectivity index (χ1n) is 7.74. The Morgan fingerprint density at radius 1 is 1.13 bits per heavy atom. The zero-order valence-corrected chi connectivity index (χ0v) is 14.2. The zero-order chi connectivity index (χ0) is 17.3. The van der Waals surface area contributed by atoms with Crippen LogP contribution in [0.25, 0.3) is 0 Å². The van der Waals surface area contributed by atoms with Crippen molar-refractivity contribution < 1.29 is 19.1 Å². The van der Waals surface area contributed by atoms with Crippen LogP contribution in [-0.2, 0) is 16.1 Å². The fourth-order valence-electron chi connectivity index (χ4n) is 1.75. The predicted molar refractivity (Wildman–Crippen MR) is 88.1 cm³/mol. The van der Waals surface area contributed by atoms with Crippen LogP contribution in [0, 0.1) is 0 Å². The van der Waals surface area contributed by atoms with Crippen molar-refractivity contribution in [3.63, 3.8) is 0 Å². The Hall–Kier alpha value is -2.24. The molecule has 23 heavy (non-hydrogen) atoms. The van der Waals surface area contributed by atoms with E-state index in [0.717, 1.165) is 5.56 Å². The Bertz CT molecular complexity index is 497. The van der Waals surface area contributed by atoms with E-state index < -0.39 is 17.8 Å². The maximum absolute atomic E-state index is 11.7. The molecular formula is C17H26N2O4. The van der Waals surface area contributed by atoms with Gasteiger partial charge in [-0.05, 0) is 32.8 Å². The third-order valence-electron chi connectivity index (χ3n) is 2.92. The van der Waals surface area contributed by atoms with Gasteiger partial charge in [-0.15, -0.1) is 0 Å². The van der Waals surface area contributed by atoms with Gasteiger partial charge in [0.1, 0.15) is 12.2 Å². The van der Waals surface area contributed by atoms with E-state index in [1.54, 1.807) is 20.8 Å². The number of ether oxygens (including phenoxy) is 2. The number of benzene rings is 1. The molecule has 2 N–H and O–H groups in total. The highest BCUT2D eigenvalue weighted by Crippen LogP contribution is 2.07. The number of amides is 2. The molecule has 0 fully saturated rings. The molecule has 0 unspecified atom stereocenters. The van der Waals surface area contributed by atoms with Crippen molar-refractivity contribution in [2.45, 2.75) is 52.4 Å². The topological polar surface area (TPSA) is 76.7 Å². The maximum atomic E-state index is 11.7. The molecule has 0 heterocycles. The SMILES string of the molecule is CC[C@@H](CNC(=O)OCc1ccccc1)NC(=O)OC(C)(C)C. The van der Waals surface area contributed by atoms with E-state index in [1.165, 1.54) is 0 Å². The Kier molecular flexibility index (Phi) is 7.38. The summed E-state index contributed by atoms with van der Waals surface area (Å²) in [7, 11) is 0. The first-order valence-corrected chi connectivity index (χ1v) is 7.74. The number of nitrogens with one attached hydrogen (secondary N) is 2. The highest BCUT2D eigenvalue weighted by molar-refractivity contribution is 5.69. The van der Waals surface area contributed by atoms with Crippen molar-refractivity contribution in [2.24, 2.45) is 0 Å². The largest absolute Gasteiger partial charge is 0.445 e. The number of carbonyl (C=O) groups is 2. The van der Waals surface area contributed by atoms with Crippen LogP contribution in [0.2, 0.25) is 0 Å². The Labute approximate surface area is 137 Å². The van der Waals surface area contributed by atoms with Gasteiger partial charge in [-0.1, -0.05) is 37.3 Å². The number of hydrogen-bond donors (Lipinski definition) is 2. The summed E-state index contributed by atoms with van der Waals surface area (Å²) in [6.07, 6.45) is -0.347. The predicted octanol–water partition coefficient (Wildman–Crippen LogP) is 3.22. The molecule has 1 aromatic carbocycles. The molecule has 1 rings (SSSR count). The minimum Gasteiger partial charge on any atom is -0.445 e. The van der Waals surface area contributed by atoms with Gasteiger partial charge in [0.05, 0.1) is 0 Å². The number of alkyl carbamates (subject to hydrolysis) is 2. The highest BCUT2D eigenvalue weighted by Gasteiger charge is 2.19. The third kappa shape index (κ3) is 8.70. The Balaban J connectivity index is 2.30. The van der Waals surface area contributed by atoms with Crippen LogP contribution in [0.1, 0.15) is 39.7 Å². The van der Waals surface area contributed by atoms with Gasteiger partial charge in [-0.3, -0.25) is 0 Å². The van der Waals surface area contributed by atoms with E-state index in [9.17, 15) is 9.59 Å². The quantitative estimate of drug-likeness (QED) is 0.843. The summed E-state index contributed by atoms with van der Waals surface area (Å²) in [5.41, 5.74) is 0.367. The maximum Gasteiger partial charge on any atom is 0.407 e. The van der Waals surface area contributed by atoms with Crippen LogP contribution in [-0.4, -0.2) is 30.4 Å². The van der Waals surface area contributed by atoms with Crippen molar-refractivity contribution in [2.75, 3.05) is 6.54 Å². The summed E-state index contributed by atoms with van der Waals surface area (Å²) in [6.45, 7) is 7.80. The van der Waals surface area contributed by atoms with E-state index >= 15 is 0 Å². The van der Waals surface area contributed by atoms with Gasteiger partial charge in [0.2, 0.25) is 0 Å². The molecule has 0 spiro atoms. The molecule has 0 saturated carbocycles. The average Bonchev–Trinajstić information content (AvgIpc) is 2.48. The molecule has 1 atom stereocenters. The molecule has 6 heteroatoms. The number of rotatable bonds is 6. The van der Waals surface area contributed by atoms with E-state index in [1.807, 2.05) is 37.3 Å². The fourth-order valence-corrected chi connectivity index (χ4v) is 1.75. The van der Waals surface area contributed by atoms with Crippen LogP contribution < -0.4 is 10.6 Å². The summed E-state index contributed by atoms with van der Waals surface area (Å²) >= 11 is 0. The van der Waals surface area contributed by atoms with E-state index in [0.29, 0.717) is 6.42 Å². The second kappa shape index (κ2) is 9.02. The summed E-state index contributed by atoms with van der Waals surface area (Å²) in [6, 6.07) is 9.22. The van der Waals surface area contributed by atoms with Crippen LogP contribution in [0.15, 0.2) is 30.3 Å². The van der Waals surface area contributed by atoms with Crippen molar-refractivity contribution in [1.29, 1.82) is 0 Å². The van der Waals surface area contributed by atoms with Gasteiger partial charge in [0.25, 0.3) is 0 Å². The Morgan fingerprint density at radius 3 is 2.35 bits per heavy atom. The van der Waals surface area contributed by atoms with Crippen molar-refractivity contribution in [3.05, 3.63) is 35.9 Å². The summed E-state index contributed by atoms with van der Waals surface area (Å²) in [5, 5.41) is 5.36. The van der Waals surface area contributed by atoms with Crippen LogP contribution >= 0.6 is 0 Å². The van der Waals surface area contributed by atoms with Crippen LogP contribution in [0.5, 0.6) is 0 Å². The van der Waals surface area contributed by atoms with Crippen LogP contribution in [0.4, 0.5) is 9.59 Å². The first-order chi connectivity index (χ1) is 10.8. The highest BCUT2D eigenvalue weighted by atomic mass is 16.6. The lowest BCUT2D eigenvalue weighted by Gasteiger charge is -2.23. The smallest absolute Gasteiger partial charge is 0.407 e. The number of hydrogen-bond acceptors (Lipinski definition) is 4. The molecule has 0 aliphatic rings. The minimum atomic E-state index is -0.551. The average molecular weight is 322 g/mol. The van der Waals surface area contributed by atoms with Gasteiger partial charge >= 0.3 is 12.2 Å². The second-order valence-corrected chi connectivity index (χ2v) is 6.19. The molecular weight excluding hydrogens is 296 g/mol. The van der Waals surface area contributed by atoms with Crippen molar-refractivity contribution >= 4 is 12.2 Å². The molecule has 128 valence electrons. The monoisotopic (exact) mass is 322 g/mol. The summed E-state index contributed by atoms with van der Waals surface area (Å²) < 4.78 is 10.3. The normalized spacial score (nSPS) is 12.2. The molecule has 0 saturated heterocycles. The van der Waals surface area contributed by atoms with E-state index in [-0.39, 0.29) is 19.2 Å². The van der Waals surface area contributed by atoms with Gasteiger partial charge in [-0.25, -0.2) is 9.59 Å². The molecule has 0 aliphatic heterocycles. The van der Waals surface area contributed by atoms with Crippen molar-refractivity contribution in [1.82, 2.24) is 10.6 Å². The summed E-state index contributed by atoms with van der Waals surface area (Å²) in [5.74, 6) is 0. The Morgan fingerprint density at radius 2 is 1.78 bits per heavy atom. The molecule has 6 nitrogen and oxygen atoms in total. The van der Waals surface area contributed by atoms with Gasteiger partial charge in [0.15, 0.2) is 0 Å².